The number of hydrogen-bond acceptors (Lipinski definition) is 2. The van der Waals surface area contributed by atoms with Gasteiger partial charge < -0.3 is 14.2 Å². The maximum Gasteiger partial charge on any atom is 0.246 e. The molecule has 51 heavy (non-hydrogen) atoms. The minimum Gasteiger partial charge on any atom is -0.455 e. The van der Waals surface area contributed by atoms with Gasteiger partial charge in [-0.25, -0.2) is 0 Å². The molecule has 3 nitrogen and oxygen atoms in total. The summed E-state index contributed by atoms with van der Waals surface area (Å²) in [4.78, 5) is 2.51. The molecule has 10 rings (SSSR count). The minimum absolute atomic E-state index is 0.150. The lowest BCUT2D eigenvalue weighted by atomic mass is 9.34. The standard InChI is InChI=1S/C46H41BN2OSi/c1-3-51(4-2)44-27-15-10-21-36(44)47-37-31-32(48-38-22-11-8-19-34(38)35-20-9-12-23-39(35)48)29-30-40(37)49(42-25-16-28-45(51)46(42)47)41-24-13-14-26-43(41)50-33-17-6-5-7-18-33/h5-8,10-11,13-19,21-22,24-31H,3-4,9,12,20,23H2,1-2H3. The number of benzene rings is 6. The van der Waals surface area contributed by atoms with Crippen molar-refractivity contribution in [3.8, 4) is 17.2 Å². The van der Waals surface area contributed by atoms with Crippen LogP contribution < -0.4 is 36.4 Å². The molecule has 0 fully saturated rings. The molecule has 248 valence electrons. The number of aromatic nitrogens is 1. The van der Waals surface area contributed by atoms with Crippen molar-refractivity contribution >= 4 is 69.5 Å². The Hall–Kier alpha value is -5.26. The van der Waals surface area contributed by atoms with Gasteiger partial charge in [-0.1, -0.05) is 127 Å². The lowest BCUT2D eigenvalue weighted by Crippen LogP contribution is -2.79. The third kappa shape index (κ3) is 4.44. The van der Waals surface area contributed by atoms with Crippen LogP contribution >= 0.6 is 0 Å². The molecule has 0 radical (unpaired) electrons. The van der Waals surface area contributed by atoms with E-state index in [1.807, 2.05) is 30.3 Å². The largest absolute Gasteiger partial charge is 0.455 e. The van der Waals surface area contributed by atoms with E-state index in [1.165, 1.54) is 75.0 Å². The summed E-state index contributed by atoms with van der Waals surface area (Å²) in [6.07, 6.45) is 4.79. The Bertz CT molecular complexity index is 2460. The van der Waals surface area contributed by atoms with E-state index in [-0.39, 0.29) is 6.71 Å². The van der Waals surface area contributed by atoms with Crippen molar-refractivity contribution < 1.29 is 4.74 Å². The van der Waals surface area contributed by atoms with E-state index in [9.17, 15) is 0 Å². The zero-order chi connectivity index (χ0) is 34.1. The Kier molecular flexibility index (Phi) is 7.14. The molecule has 1 aliphatic carbocycles. The predicted octanol–water partition coefficient (Wildman–Crippen LogP) is 8.52. The molecule has 1 aromatic heterocycles. The Balaban J connectivity index is 1.27. The van der Waals surface area contributed by atoms with E-state index in [0.717, 1.165) is 30.0 Å². The van der Waals surface area contributed by atoms with Crippen molar-refractivity contribution in [2.75, 3.05) is 4.90 Å². The number of nitrogens with zero attached hydrogens (tertiary/aromatic N) is 2. The topological polar surface area (TPSA) is 17.4 Å². The second kappa shape index (κ2) is 11.9. The molecule has 0 N–H and O–H groups in total. The van der Waals surface area contributed by atoms with Gasteiger partial charge in [0, 0.05) is 28.1 Å². The molecule has 2 aliphatic heterocycles. The fourth-order valence-electron chi connectivity index (χ4n) is 9.93. The van der Waals surface area contributed by atoms with Crippen LogP contribution in [0.1, 0.15) is 37.9 Å². The summed E-state index contributed by atoms with van der Waals surface area (Å²) in [5, 5.41) is 4.63. The number of anilines is 3. The highest BCUT2D eigenvalue weighted by atomic mass is 28.3. The quantitative estimate of drug-likeness (QED) is 0.164. The molecule has 0 spiro atoms. The second-order valence-electron chi connectivity index (χ2n) is 14.5. The van der Waals surface area contributed by atoms with Gasteiger partial charge >= 0.3 is 0 Å². The lowest BCUT2D eigenvalue weighted by molar-refractivity contribution is 0.484. The van der Waals surface area contributed by atoms with Crippen molar-refractivity contribution in [1.82, 2.24) is 4.57 Å². The van der Waals surface area contributed by atoms with Crippen LogP contribution in [0.4, 0.5) is 17.1 Å². The fraction of sp³-hybridized carbons (Fsp3) is 0.174. The van der Waals surface area contributed by atoms with Gasteiger partial charge in [-0.15, -0.1) is 0 Å². The second-order valence-corrected chi connectivity index (χ2v) is 19.1. The minimum atomic E-state index is -2.04. The first-order valence-corrected chi connectivity index (χ1v) is 21.2. The Morgan fingerprint density at radius 1 is 0.627 bits per heavy atom. The highest BCUT2D eigenvalue weighted by Gasteiger charge is 2.49. The van der Waals surface area contributed by atoms with Crippen LogP contribution in [0, 0.1) is 0 Å². The van der Waals surface area contributed by atoms with E-state index < -0.39 is 8.07 Å². The summed E-state index contributed by atoms with van der Waals surface area (Å²) in [6, 6.07) is 54.1. The zero-order valence-electron chi connectivity index (χ0n) is 29.4. The molecule has 0 saturated heterocycles. The van der Waals surface area contributed by atoms with Crippen LogP contribution in [0.15, 0.2) is 140 Å². The van der Waals surface area contributed by atoms with Gasteiger partial charge in [-0.3, -0.25) is 0 Å². The van der Waals surface area contributed by atoms with E-state index >= 15 is 0 Å². The Morgan fingerprint density at radius 2 is 1.35 bits per heavy atom. The van der Waals surface area contributed by atoms with Gasteiger partial charge in [0.15, 0.2) is 5.75 Å². The lowest BCUT2D eigenvalue weighted by Gasteiger charge is -2.46. The fourth-order valence-corrected chi connectivity index (χ4v) is 14.6. The van der Waals surface area contributed by atoms with Crippen LogP contribution in [0.25, 0.3) is 16.6 Å². The summed E-state index contributed by atoms with van der Waals surface area (Å²) < 4.78 is 9.28. The van der Waals surface area contributed by atoms with Crippen LogP contribution in [-0.4, -0.2) is 19.4 Å². The summed E-state index contributed by atoms with van der Waals surface area (Å²) in [5.41, 5.74) is 13.5. The molecular weight excluding hydrogens is 635 g/mol. The van der Waals surface area contributed by atoms with Gasteiger partial charge in [0.1, 0.15) is 13.8 Å². The number of hydrogen-bond donors (Lipinski definition) is 0. The first-order valence-electron chi connectivity index (χ1n) is 18.8. The number of rotatable bonds is 6. The number of para-hydroxylation sites is 4. The SMILES string of the molecule is CC[Si]1(CC)c2ccccc2B2c3cc(-n4c5c(c6ccccc64)CCCC5)ccc3N(c3ccccc3Oc3ccccc3)c3cccc1c32. The van der Waals surface area contributed by atoms with Gasteiger partial charge in [0.2, 0.25) is 6.71 Å². The van der Waals surface area contributed by atoms with E-state index in [1.54, 1.807) is 15.9 Å². The van der Waals surface area contributed by atoms with Gasteiger partial charge in [-0.2, -0.15) is 0 Å². The number of ether oxygens (including phenoxy) is 1. The molecule has 3 heterocycles. The van der Waals surface area contributed by atoms with Gasteiger partial charge in [-0.05, 0) is 96.8 Å². The molecule has 3 aliphatic rings. The molecule has 0 saturated carbocycles. The van der Waals surface area contributed by atoms with Crippen molar-refractivity contribution in [2.24, 2.45) is 0 Å². The molecule has 0 amide bonds. The molecule has 0 unspecified atom stereocenters. The normalized spacial score (nSPS) is 15.2. The number of fused-ring (bicyclic) bond motifs is 7. The monoisotopic (exact) mass is 676 g/mol. The third-order valence-corrected chi connectivity index (χ3v) is 17.6. The smallest absolute Gasteiger partial charge is 0.246 e. The molecule has 5 heteroatoms. The van der Waals surface area contributed by atoms with Crippen LogP contribution in [0.5, 0.6) is 11.5 Å². The van der Waals surface area contributed by atoms with Crippen LogP contribution in [0.3, 0.4) is 0 Å². The summed E-state index contributed by atoms with van der Waals surface area (Å²) in [7, 11) is -2.04. The van der Waals surface area contributed by atoms with E-state index in [0.29, 0.717) is 0 Å². The number of aryl methyl sites for hydroxylation is 1. The van der Waals surface area contributed by atoms with Crippen LogP contribution in [0.2, 0.25) is 12.1 Å². The van der Waals surface area contributed by atoms with Crippen LogP contribution in [-0.2, 0) is 12.8 Å². The Morgan fingerprint density at radius 3 is 2.24 bits per heavy atom. The zero-order valence-corrected chi connectivity index (χ0v) is 30.4. The molecule has 6 aromatic carbocycles. The first-order chi connectivity index (χ1) is 25.2. The maximum atomic E-state index is 6.69. The molecular formula is C46H41BN2OSi. The highest BCUT2D eigenvalue weighted by Crippen LogP contribution is 2.44. The van der Waals surface area contributed by atoms with Gasteiger partial charge in [0.05, 0.1) is 11.2 Å². The predicted molar refractivity (Wildman–Crippen MR) is 218 cm³/mol. The van der Waals surface area contributed by atoms with Crippen molar-refractivity contribution in [2.45, 2.75) is 51.6 Å². The van der Waals surface area contributed by atoms with Gasteiger partial charge in [0.25, 0.3) is 0 Å². The third-order valence-electron chi connectivity index (χ3n) is 12.2. The summed E-state index contributed by atoms with van der Waals surface area (Å²) in [6.45, 7) is 5.02. The average molecular weight is 677 g/mol. The molecule has 0 atom stereocenters. The molecule has 0 bridgehead atoms. The van der Waals surface area contributed by atoms with Crippen molar-refractivity contribution in [3.63, 3.8) is 0 Å². The summed E-state index contributed by atoms with van der Waals surface area (Å²) in [5.74, 6) is 1.69. The summed E-state index contributed by atoms with van der Waals surface area (Å²) >= 11 is 0. The first kappa shape index (κ1) is 30.6. The average Bonchev–Trinajstić information content (AvgIpc) is 3.53. The van der Waals surface area contributed by atoms with E-state index in [2.05, 4.69) is 133 Å². The van der Waals surface area contributed by atoms with Crippen molar-refractivity contribution in [3.05, 3.63) is 151 Å². The Labute approximate surface area is 302 Å². The van der Waals surface area contributed by atoms with E-state index in [4.69, 9.17) is 4.74 Å². The van der Waals surface area contributed by atoms with Crippen molar-refractivity contribution in [1.29, 1.82) is 0 Å². The highest BCUT2D eigenvalue weighted by molar-refractivity contribution is 7.15. The maximum absolute atomic E-state index is 6.69. The molecule has 7 aromatic rings.